The van der Waals surface area contributed by atoms with E-state index in [0.717, 1.165) is 11.1 Å². The second-order valence-corrected chi connectivity index (χ2v) is 6.01. The predicted octanol–water partition coefficient (Wildman–Crippen LogP) is 4.52. The molecule has 0 atom stereocenters. The number of nitro benzene ring substituents is 1. The largest absolute Gasteiger partial charge is 0.493 e. The Morgan fingerprint density at radius 2 is 1.92 bits per heavy atom. The third kappa shape index (κ3) is 4.05. The van der Waals surface area contributed by atoms with Gasteiger partial charge in [-0.2, -0.15) is 0 Å². The van der Waals surface area contributed by atoms with Crippen LogP contribution in [0.1, 0.15) is 28.4 Å². The minimum Gasteiger partial charge on any atom is -0.493 e. The molecule has 0 radical (unpaired) electrons. The quantitative estimate of drug-likeness (QED) is 0.589. The van der Waals surface area contributed by atoms with Crippen LogP contribution in [0.4, 0.5) is 11.4 Å². The number of benzene rings is 2. The highest BCUT2D eigenvalue weighted by molar-refractivity contribution is 6.34. The number of halogens is 1. The number of methoxy groups -OCH3 is 1. The van der Waals surface area contributed by atoms with Crippen molar-refractivity contribution in [2.45, 2.75) is 20.8 Å². The van der Waals surface area contributed by atoms with E-state index in [1.54, 1.807) is 19.9 Å². The van der Waals surface area contributed by atoms with E-state index in [-0.39, 0.29) is 22.7 Å². The Balaban J connectivity index is 2.50. The molecular weight excluding hydrogens is 360 g/mol. The monoisotopic (exact) mass is 378 g/mol. The third-order valence-electron chi connectivity index (χ3n) is 3.69. The Hall–Kier alpha value is -2.80. The maximum absolute atomic E-state index is 12.7. The zero-order valence-corrected chi connectivity index (χ0v) is 15.6. The Bertz CT molecular complexity index is 844. The maximum atomic E-state index is 12.7. The van der Waals surface area contributed by atoms with E-state index in [1.807, 2.05) is 13.0 Å². The fourth-order valence-corrected chi connectivity index (χ4v) is 2.93. The molecule has 1 amide bonds. The van der Waals surface area contributed by atoms with Crippen molar-refractivity contribution >= 4 is 28.9 Å². The maximum Gasteiger partial charge on any atom is 0.286 e. The van der Waals surface area contributed by atoms with Crippen molar-refractivity contribution in [1.82, 2.24) is 0 Å². The summed E-state index contributed by atoms with van der Waals surface area (Å²) in [5.41, 5.74) is 1.58. The van der Waals surface area contributed by atoms with Crippen LogP contribution in [-0.2, 0) is 0 Å². The van der Waals surface area contributed by atoms with Crippen LogP contribution in [0.2, 0.25) is 5.02 Å². The number of ether oxygens (including phenoxy) is 2. The minimum atomic E-state index is -0.660. The van der Waals surface area contributed by atoms with Gasteiger partial charge in [0.25, 0.3) is 11.6 Å². The van der Waals surface area contributed by atoms with Crippen LogP contribution < -0.4 is 14.8 Å². The van der Waals surface area contributed by atoms with Gasteiger partial charge >= 0.3 is 0 Å². The lowest BCUT2D eigenvalue weighted by Crippen LogP contribution is -2.15. The van der Waals surface area contributed by atoms with E-state index in [0.29, 0.717) is 17.3 Å². The summed E-state index contributed by atoms with van der Waals surface area (Å²) in [5.74, 6) is -0.232. The number of hydrogen-bond donors (Lipinski definition) is 1. The van der Waals surface area contributed by atoms with Crippen LogP contribution in [0.15, 0.2) is 24.3 Å². The van der Waals surface area contributed by atoms with Gasteiger partial charge < -0.3 is 14.8 Å². The topological polar surface area (TPSA) is 90.7 Å². The second kappa shape index (κ2) is 8.05. The van der Waals surface area contributed by atoms with Gasteiger partial charge in [-0.25, -0.2) is 0 Å². The highest BCUT2D eigenvalue weighted by Gasteiger charge is 2.25. The van der Waals surface area contributed by atoms with Crippen molar-refractivity contribution in [1.29, 1.82) is 0 Å². The van der Waals surface area contributed by atoms with Crippen LogP contribution in [0.25, 0.3) is 0 Å². The lowest BCUT2D eigenvalue weighted by molar-refractivity contribution is -0.385. The van der Waals surface area contributed by atoms with Crippen molar-refractivity contribution in [3.63, 3.8) is 0 Å². The van der Waals surface area contributed by atoms with Gasteiger partial charge in [-0.3, -0.25) is 14.9 Å². The number of nitrogens with one attached hydrogen (secondary N) is 1. The van der Waals surface area contributed by atoms with E-state index < -0.39 is 10.8 Å². The summed E-state index contributed by atoms with van der Waals surface area (Å²) in [4.78, 5) is 23.5. The molecular formula is C18H19ClN2O5. The summed E-state index contributed by atoms with van der Waals surface area (Å²) < 4.78 is 10.5. The van der Waals surface area contributed by atoms with Gasteiger partial charge in [-0.1, -0.05) is 17.7 Å². The Morgan fingerprint density at radius 3 is 2.46 bits per heavy atom. The molecule has 0 heterocycles. The molecule has 0 aliphatic carbocycles. The fourth-order valence-electron chi connectivity index (χ4n) is 2.56. The standard InChI is InChI=1S/C18H19ClN2O5/c1-5-26-16-9-14(21(23)24)12(8-15(16)25-4)18(22)20-17-11(3)6-10(2)7-13(17)19/h6-9H,5H2,1-4H3,(H,20,22). The van der Waals surface area contributed by atoms with Crippen LogP contribution in [0.5, 0.6) is 11.5 Å². The number of nitrogens with zero attached hydrogens (tertiary/aromatic N) is 1. The van der Waals surface area contributed by atoms with Crippen LogP contribution in [0.3, 0.4) is 0 Å². The highest BCUT2D eigenvalue weighted by Crippen LogP contribution is 2.36. The molecule has 0 aliphatic rings. The van der Waals surface area contributed by atoms with Gasteiger partial charge in [0.05, 0.1) is 35.4 Å². The first kappa shape index (κ1) is 19.5. The summed E-state index contributed by atoms with van der Waals surface area (Å²) in [6.45, 7) is 5.72. The van der Waals surface area contributed by atoms with E-state index in [4.69, 9.17) is 21.1 Å². The Morgan fingerprint density at radius 1 is 1.23 bits per heavy atom. The summed E-state index contributed by atoms with van der Waals surface area (Å²) in [6, 6.07) is 6.03. The first-order chi connectivity index (χ1) is 12.3. The van der Waals surface area contributed by atoms with Crippen LogP contribution in [0, 0.1) is 24.0 Å². The molecule has 8 heteroatoms. The summed E-state index contributed by atoms with van der Waals surface area (Å²) >= 11 is 6.20. The molecule has 0 saturated heterocycles. The van der Waals surface area contributed by atoms with E-state index in [9.17, 15) is 14.9 Å². The summed E-state index contributed by atoms with van der Waals surface area (Å²) in [5, 5.41) is 14.4. The summed E-state index contributed by atoms with van der Waals surface area (Å²) in [7, 11) is 1.40. The predicted molar refractivity (Wildman–Crippen MR) is 99.7 cm³/mol. The van der Waals surface area contributed by atoms with E-state index in [1.165, 1.54) is 19.2 Å². The lowest BCUT2D eigenvalue weighted by atomic mass is 10.1. The highest BCUT2D eigenvalue weighted by atomic mass is 35.5. The molecule has 2 aromatic carbocycles. The molecule has 0 saturated carbocycles. The molecule has 7 nitrogen and oxygen atoms in total. The molecule has 1 N–H and O–H groups in total. The average Bonchev–Trinajstić information content (AvgIpc) is 2.57. The molecule has 2 aromatic rings. The molecule has 0 bridgehead atoms. The Kier molecular flexibility index (Phi) is 6.05. The Labute approximate surface area is 156 Å². The minimum absolute atomic E-state index is 0.147. The van der Waals surface area contributed by atoms with Crippen molar-refractivity contribution in [2.75, 3.05) is 19.0 Å². The molecule has 0 spiro atoms. The second-order valence-electron chi connectivity index (χ2n) is 5.60. The van der Waals surface area contributed by atoms with Gasteiger partial charge in [-0.05, 0) is 38.0 Å². The number of aryl methyl sites for hydroxylation is 2. The number of carbonyl (C=O) groups excluding carboxylic acids is 1. The van der Waals surface area contributed by atoms with Crippen LogP contribution >= 0.6 is 11.6 Å². The van der Waals surface area contributed by atoms with Crippen molar-refractivity contribution in [3.05, 3.63) is 56.1 Å². The first-order valence-electron chi connectivity index (χ1n) is 7.85. The fraction of sp³-hybridized carbons (Fsp3) is 0.278. The number of hydrogen-bond acceptors (Lipinski definition) is 5. The molecule has 0 unspecified atom stereocenters. The summed E-state index contributed by atoms with van der Waals surface area (Å²) in [6.07, 6.45) is 0. The number of anilines is 1. The number of carbonyl (C=O) groups is 1. The zero-order chi connectivity index (χ0) is 19.4. The zero-order valence-electron chi connectivity index (χ0n) is 14.9. The molecule has 26 heavy (non-hydrogen) atoms. The van der Waals surface area contributed by atoms with Gasteiger partial charge in [0, 0.05) is 6.07 Å². The van der Waals surface area contributed by atoms with E-state index >= 15 is 0 Å². The number of rotatable bonds is 6. The van der Waals surface area contributed by atoms with Crippen molar-refractivity contribution in [3.8, 4) is 11.5 Å². The molecule has 0 aromatic heterocycles. The van der Waals surface area contributed by atoms with Gasteiger partial charge in [0.2, 0.25) is 0 Å². The molecule has 2 rings (SSSR count). The average molecular weight is 379 g/mol. The molecule has 0 fully saturated rings. The van der Waals surface area contributed by atoms with Crippen molar-refractivity contribution in [2.24, 2.45) is 0 Å². The third-order valence-corrected chi connectivity index (χ3v) is 3.99. The van der Waals surface area contributed by atoms with Crippen molar-refractivity contribution < 1.29 is 19.2 Å². The number of nitro groups is 1. The normalized spacial score (nSPS) is 10.3. The molecule has 138 valence electrons. The number of amides is 1. The smallest absolute Gasteiger partial charge is 0.286 e. The van der Waals surface area contributed by atoms with E-state index in [2.05, 4.69) is 5.32 Å². The first-order valence-corrected chi connectivity index (χ1v) is 8.23. The van der Waals surface area contributed by atoms with Gasteiger partial charge in [0.1, 0.15) is 5.56 Å². The van der Waals surface area contributed by atoms with Gasteiger partial charge in [0.15, 0.2) is 11.5 Å². The SMILES string of the molecule is CCOc1cc([N+](=O)[O-])c(C(=O)Nc2c(C)cc(C)cc2Cl)cc1OC. The van der Waals surface area contributed by atoms with Crippen LogP contribution in [-0.4, -0.2) is 24.5 Å². The lowest BCUT2D eigenvalue weighted by Gasteiger charge is -2.14. The molecule has 0 aliphatic heterocycles. The van der Waals surface area contributed by atoms with Gasteiger partial charge in [-0.15, -0.1) is 0 Å².